The lowest BCUT2D eigenvalue weighted by molar-refractivity contribution is 0.0430. The van der Waals surface area contributed by atoms with Gasteiger partial charge in [0.1, 0.15) is 17.0 Å². The molecule has 0 bridgehead atoms. The summed E-state index contributed by atoms with van der Waals surface area (Å²) < 4.78 is 10.5. The van der Waals surface area contributed by atoms with Gasteiger partial charge in [-0.2, -0.15) is 4.90 Å². The Morgan fingerprint density at radius 1 is 0.864 bits per heavy atom. The summed E-state index contributed by atoms with van der Waals surface area (Å²) in [5.74, 6) is 0.0251. The second kappa shape index (κ2) is 6.25. The molecule has 1 N–H and O–H groups in total. The maximum Gasteiger partial charge on any atom is 0.424 e. The van der Waals surface area contributed by atoms with Gasteiger partial charge in [0.25, 0.3) is 0 Å². The molecule has 0 radical (unpaired) electrons. The zero-order valence-electron chi connectivity index (χ0n) is 13.8. The van der Waals surface area contributed by atoms with Crippen LogP contribution in [-0.2, 0) is 9.47 Å². The molecule has 22 heavy (non-hydrogen) atoms. The quantitative estimate of drug-likeness (QED) is 0.846. The Morgan fingerprint density at radius 2 is 1.23 bits per heavy atom. The topological polar surface area (TPSA) is 76.1 Å². The van der Waals surface area contributed by atoms with Gasteiger partial charge in [-0.15, -0.1) is 0 Å². The Morgan fingerprint density at radius 3 is 1.55 bits per heavy atom. The van der Waals surface area contributed by atoms with Gasteiger partial charge in [0.15, 0.2) is 0 Å². The second-order valence-electron chi connectivity index (χ2n) is 6.81. The monoisotopic (exact) mass is 309 g/mol. The number of carbonyl (C=O) groups is 2. The van der Waals surface area contributed by atoms with E-state index in [1.165, 1.54) is 24.3 Å². The molecule has 0 unspecified atom stereocenters. The largest absolute Gasteiger partial charge is 0.508 e. The molecule has 122 valence electrons. The van der Waals surface area contributed by atoms with Crippen LogP contribution < -0.4 is 4.90 Å². The minimum absolute atomic E-state index is 0.0251. The van der Waals surface area contributed by atoms with Crippen LogP contribution in [0.2, 0.25) is 0 Å². The number of phenolic OH excluding ortho intramolecular Hbond substituents is 1. The molecule has 0 saturated heterocycles. The Bertz CT molecular complexity index is 509. The van der Waals surface area contributed by atoms with Gasteiger partial charge in [-0.05, 0) is 65.8 Å². The van der Waals surface area contributed by atoms with Crippen LogP contribution in [0.25, 0.3) is 0 Å². The molecule has 0 saturated carbocycles. The van der Waals surface area contributed by atoms with Crippen molar-refractivity contribution < 1.29 is 24.2 Å². The Kier molecular flexibility index (Phi) is 5.06. The Labute approximate surface area is 130 Å². The van der Waals surface area contributed by atoms with Gasteiger partial charge in [-0.1, -0.05) is 0 Å². The van der Waals surface area contributed by atoms with Crippen LogP contribution in [-0.4, -0.2) is 28.5 Å². The van der Waals surface area contributed by atoms with Crippen LogP contribution in [0.5, 0.6) is 5.75 Å². The fraction of sp³-hybridized carbons (Fsp3) is 0.500. The second-order valence-corrected chi connectivity index (χ2v) is 6.81. The van der Waals surface area contributed by atoms with E-state index < -0.39 is 23.4 Å². The molecule has 6 nitrogen and oxygen atoms in total. The average Bonchev–Trinajstić information content (AvgIpc) is 2.27. The standard InChI is InChI=1S/C16H23NO5/c1-15(2,3)21-13(19)17(14(20)22-16(4,5)6)11-7-9-12(18)10-8-11/h7-10,18H,1-6H3. The molecular formula is C16H23NO5. The van der Waals surface area contributed by atoms with Gasteiger partial charge in [-0.3, -0.25) is 0 Å². The van der Waals surface area contributed by atoms with Gasteiger partial charge in [0.05, 0.1) is 5.69 Å². The first-order valence-corrected chi connectivity index (χ1v) is 6.94. The van der Waals surface area contributed by atoms with Crippen molar-refractivity contribution in [1.82, 2.24) is 0 Å². The van der Waals surface area contributed by atoms with E-state index >= 15 is 0 Å². The van der Waals surface area contributed by atoms with Crippen molar-refractivity contribution in [3.8, 4) is 5.75 Å². The van der Waals surface area contributed by atoms with Crippen LogP contribution in [0.3, 0.4) is 0 Å². The molecule has 2 amide bonds. The highest BCUT2D eigenvalue weighted by atomic mass is 16.6. The molecule has 6 heteroatoms. The summed E-state index contributed by atoms with van der Waals surface area (Å²) in [4.78, 5) is 25.4. The predicted octanol–water partition coefficient (Wildman–Crippen LogP) is 4.07. The average molecular weight is 309 g/mol. The molecule has 0 aromatic heterocycles. The number of anilines is 1. The van der Waals surface area contributed by atoms with Crippen LogP contribution in [0.15, 0.2) is 24.3 Å². The number of hydrogen-bond acceptors (Lipinski definition) is 5. The summed E-state index contributed by atoms with van der Waals surface area (Å²) >= 11 is 0. The fourth-order valence-corrected chi connectivity index (χ4v) is 1.50. The minimum Gasteiger partial charge on any atom is -0.508 e. The third-order valence-corrected chi connectivity index (χ3v) is 2.26. The summed E-state index contributed by atoms with van der Waals surface area (Å²) in [5, 5.41) is 9.34. The van der Waals surface area contributed by atoms with E-state index in [0.29, 0.717) is 0 Å². The third kappa shape index (κ3) is 5.63. The number of ether oxygens (including phenoxy) is 2. The van der Waals surface area contributed by atoms with Gasteiger partial charge < -0.3 is 14.6 Å². The van der Waals surface area contributed by atoms with Crippen molar-refractivity contribution in [3.63, 3.8) is 0 Å². The Hall–Kier alpha value is -2.24. The molecule has 0 aliphatic carbocycles. The van der Waals surface area contributed by atoms with E-state index in [2.05, 4.69) is 0 Å². The number of amides is 2. The number of aromatic hydroxyl groups is 1. The highest BCUT2D eigenvalue weighted by Crippen LogP contribution is 2.23. The molecule has 1 aromatic rings. The highest BCUT2D eigenvalue weighted by molar-refractivity contribution is 6.09. The van der Waals surface area contributed by atoms with Crippen molar-refractivity contribution in [3.05, 3.63) is 24.3 Å². The van der Waals surface area contributed by atoms with Crippen LogP contribution in [0.4, 0.5) is 15.3 Å². The van der Waals surface area contributed by atoms with E-state index in [1.54, 1.807) is 41.5 Å². The van der Waals surface area contributed by atoms with Gasteiger partial charge in [0.2, 0.25) is 0 Å². The molecule has 1 aromatic carbocycles. The van der Waals surface area contributed by atoms with Crippen molar-refractivity contribution in [2.45, 2.75) is 52.7 Å². The number of phenols is 1. The molecule has 0 aliphatic rings. The predicted molar refractivity (Wildman–Crippen MR) is 83.1 cm³/mol. The summed E-state index contributed by atoms with van der Waals surface area (Å²) in [6.45, 7) is 10.2. The number of nitrogens with zero attached hydrogens (tertiary/aromatic N) is 1. The first-order chi connectivity index (χ1) is 9.89. The lowest BCUT2D eigenvalue weighted by atomic mass is 10.2. The van der Waals surface area contributed by atoms with Crippen molar-refractivity contribution in [1.29, 1.82) is 0 Å². The number of carbonyl (C=O) groups excluding carboxylic acids is 2. The molecule has 0 aliphatic heterocycles. The minimum atomic E-state index is -0.840. The summed E-state index contributed by atoms with van der Waals surface area (Å²) in [6, 6.07) is 5.61. The molecular weight excluding hydrogens is 286 g/mol. The van der Waals surface area contributed by atoms with Crippen LogP contribution in [0, 0.1) is 0 Å². The normalized spacial score (nSPS) is 11.7. The summed E-state index contributed by atoms with van der Waals surface area (Å²) in [7, 11) is 0. The molecule has 1 rings (SSSR count). The van der Waals surface area contributed by atoms with E-state index in [-0.39, 0.29) is 11.4 Å². The maximum atomic E-state index is 12.3. The van der Waals surface area contributed by atoms with Crippen molar-refractivity contribution >= 4 is 17.9 Å². The first-order valence-electron chi connectivity index (χ1n) is 6.94. The molecule has 0 atom stereocenters. The smallest absolute Gasteiger partial charge is 0.424 e. The van der Waals surface area contributed by atoms with Gasteiger partial charge in [0, 0.05) is 0 Å². The number of hydrogen-bond donors (Lipinski definition) is 1. The van der Waals surface area contributed by atoms with Gasteiger partial charge in [-0.25, -0.2) is 9.59 Å². The number of benzene rings is 1. The number of rotatable bonds is 1. The van der Waals surface area contributed by atoms with E-state index in [4.69, 9.17) is 9.47 Å². The zero-order valence-corrected chi connectivity index (χ0v) is 13.8. The van der Waals surface area contributed by atoms with Crippen LogP contribution in [0.1, 0.15) is 41.5 Å². The SMILES string of the molecule is CC(C)(C)OC(=O)N(C(=O)OC(C)(C)C)c1ccc(O)cc1. The molecule has 0 heterocycles. The van der Waals surface area contributed by atoms with E-state index in [0.717, 1.165) is 4.90 Å². The van der Waals surface area contributed by atoms with E-state index in [9.17, 15) is 14.7 Å². The number of imide groups is 1. The fourth-order valence-electron chi connectivity index (χ4n) is 1.50. The lowest BCUT2D eigenvalue weighted by Gasteiger charge is -2.28. The zero-order chi connectivity index (χ0) is 17.1. The highest BCUT2D eigenvalue weighted by Gasteiger charge is 2.32. The first kappa shape index (κ1) is 17.8. The van der Waals surface area contributed by atoms with Gasteiger partial charge >= 0.3 is 12.2 Å². The van der Waals surface area contributed by atoms with Crippen molar-refractivity contribution in [2.24, 2.45) is 0 Å². The van der Waals surface area contributed by atoms with Crippen molar-refractivity contribution in [2.75, 3.05) is 4.90 Å². The van der Waals surface area contributed by atoms with Crippen LogP contribution >= 0.6 is 0 Å². The summed E-state index contributed by atoms with van der Waals surface area (Å²) in [6.07, 6.45) is -1.68. The summed E-state index contributed by atoms with van der Waals surface area (Å²) in [5.41, 5.74) is -1.26. The van der Waals surface area contributed by atoms with E-state index in [1.807, 2.05) is 0 Å². The molecule has 0 spiro atoms. The lowest BCUT2D eigenvalue weighted by Crippen LogP contribution is -2.43. The third-order valence-electron chi connectivity index (χ3n) is 2.26. The molecule has 0 fully saturated rings. The Balaban J connectivity index is 3.12. The maximum absolute atomic E-state index is 12.3.